The molecule has 0 saturated carbocycles. The SMILES string of the molecule is CCCc1ccccc1NCc1ccc(C(=O)O)c(F)c1. The van der Waals surface area contributed by atoms with Gasteiger partial charge in [-0.2, -0.15) is 0 Å². The average molecular weight is 287 g/mol. The van der Waals surface area contributed by atoms with Gasteiger partial charge in [-0.05, 0) is 35.7 Å². The number of halogens is 1. The van der Waals surface area contributed by atoms with Crippen molar-refractivity contribution in [3.8, 4) is 0 Å². The maximum Gasteiger partial charge on any atom is 0.338 e. The van der Waals surface area contributed by atoms with Gasteiger partial charge in [0.25, 0.3) is 0 Å². The van der Waals surface area contributed by atoms with Gasteiger partial charge in [-0.15, -0.1) is 0 Å². The maximum atomic E-state index is 13.6. The van der Waals surface area contributed by atoms with Crippen molar-refractivity contribution in [2.75, 3.05) is 5.32 Å². The quantitative estimate of drug-likeness (QED) is 0.841. The molecule has 4 heteroatoms. The van der Waals surface area contributed by atoms with Gasteiger partial charge in [0, 0.05) is 12.2 Å². The Bertz CT molecular complexity index is 640. The summed E-state index contributed by atoms with van der Waals surface area (Å²) >= 11 is 0. The summed E-state index contributed by atoms with van der Waals surface area (Å²) in [6, 6.07) is 12.2. The molecule has 0 aliphatic carbocycles. The lowest BCUT2D eigenvalue weighted by atomic mass is 10.1. The molecule has 0 fully saturated rings. The molecule has 0 saturated heterocycles. The molecule has 2 aromatic carbocycles. The fourth-order valence-corrected chi connectivity index (χ4v) is 2.22. The monoisotopic (exact) mass is 287 g/mol. The summed E-state index contributed by atoms with van der Waals surface area (Å²) < 4.78 is 13.6. The van der Waals surface area contributed by atoms with Gasteiger partial charge < -0.3 is 10.4 Å². The number of para-hydroxylation sites is 1. The molecular formula is C17H18FNO2. The predicted molar refractivity (Wildman–Crippen MR) is 81.1 cm³/mol. The van der Waals surface area contributed by atoms with E-state index in [1.54, 1.807) is 6.07 Å². The summed E-state index contributed by atoms with van der Waals surface area (Å²) in [5.41, 5.74) is 2.67. The number of hydrogen-bond donors (Lipinski definition) is 2. The summed E-state index contributed by atoms with van der Waals surface area (Å²) in [5, 5.41) is 12.1. The van der Waals surface area contributed by atoms with Crippen LogP contribution in [0, 0.1) is 5.82 Å². The minimum Gasteiger partial charge on any atom is -0.478 e. The summed E-state index contributed by atoms with van der Waals surface area (Å²) in [6.45, 7) is 2.58. The Hall–Kier alpha value is -2.36. The summed E-state index contributed by atoms with van der Waals surface area (Å²) in [5.74, 6) is -1.95. The minimum atomic E-state index is -1.25. The number of aryl methyl sites for hydroxylation is 1. The zero-order valence-electron chi connectivity index (χ0n) is 11.9. The van der Waals surface area contributed by atoms with Gasteiger partial charge in [-0.3, -0.25) is 0 Å². The number of nitrogens with one attached hydrogen (secondary N) is 1. The second-order valence-corrected chi connectivity index (χ2v) is 4.88. The van der Waals surface area contributed by atoms with Crippen LogP contribution in [0.1, 0.15) is 34.8 Å². The second-order valence-electron chi connectivity index (χ2n) is 4.88. The predicted octanol–water partition coefficient (Wildman–Crippen LogP) is 4.09. The fourth-order valence-electron chi connectivity index (χ4n) is 2.22. The van der Waals surface area contributed by atoms with Crippen molar-refractivity contribution >= 4 is 11.7 Å². The molecule has 2 rings (SSSR count). The maximum absolute atomic E-state index is 13.6. The van der Waals surface area contributed by atoms with Crippen molar-refractivity contribution in [2.45, 2.75) is 26.3 Å². The van der Waals surface area contributed by atoms with Gasteiger partial charge in [-0.25, -0.2) is 9.18 Å². The number of anilines is 1. The molecule has 0 aromatic heterocycles. The van der Waals surface area contributed by atoms with Crippen LogP contribution in [-0.2, 0) is 13.0 Å². The highest BCUT2D eigenvalue weighted by Crippen LogP contribution is 2.18. The van der Waals surface area contributed by atoms with E-state index in [-0.39, 0.29) is 5.56 Å². The number of aromatic carboxylic acids is 1. The number of carboxylic acids is 1. The Labute approximate surface area is 123 Å². The third kappa shape index (κ3) is 3.81. The molecule has 0 unspecified atom stereocenters. The van der Waals surface area contributed by atoms with Crippen LogP contribution >= 0.6 is 0 Å². The first-order valence-corrected chi connectivity index (χ1v) is 6.95. The first-order chi connectivity index (χ1) is 10.1. The van der Waals surface area contributed by atoms with Gasteiger partial charge in [-0.1, -0.05) is 37.6 Å². The second kappa shape index (κ2) is 6.88. The average Bonchev–Trinajstić information content (AvgIpc) is 2.46. The molecule has 0 aliphatic heterocycles. The van der Waals surface area contributed by atoms with Crippen molar-refractivity contribution in [3.05, 3.63) is 65.0 Å². The normalized spacial score (nSPS) is 10.4. The lowest BCUT2D eigenvalue weighted by Gasteiger charge is -2.12. The van der Waals surface area contributed by atoms with Crippen LogP contribution in [0.25, 0.3) is 0 Å². The largest absolute Gasteiger partial charge is 0.478 e. The van der Waals surface area contributed by atoms with Crippen LogP contribution in [0.2, 0.25) is 0 Å². The molecule has 0 spiro atoms. The molecule has 0 radical (unpaired) electrons. The van der Waals surface area contributed by atoms with Crippen molar-refractivity contribution in [3.63, 3.8) is 0 Å². The Kier molecular flexibility index (Phi) is 4.93. The van der Waals surface area contributed by atoms with Crippen molar-refractivity contribution in [1.82, 2.24) is 0 Å². The first-order valence-electron chi connectivity index (χ1n) is 6.95. The molecule has 0 heterocycles. The van der Waals surface area contributed by atoms with E-state index in [9.17, 15) is 9.18 Å². The van der Waals surface area contributed by atoms with E-state index in [2.05, 4.69) is 18.3 Å². The smallest absolute Gasteiger partial charge is 0.338 e. The molecule has 0 amide bonds. The van der Waals surface area contributed by atoms with E-state index >= 15 is 0 Å². The van der Waals surface area contributed by atoms with Crippen LogP contribution in [0.4, 0.5) is 10.1 Å². The van der Waals surface area contributed by atoms with Gasteiger partial charge in [0.1, 0.15) is 5.82 Å². The lowest BCUT2D eigenvalue weighted by Crippen LogP contribution is -2.05. The summed E-state index contributed by atoms with van der Waals surface area (Å²) in [7, 11) is 0. The Morgan fingerprint density at radius 2 is 2.00 bits per heavy atom. The highest BCUT2D eigenvalue weighted by atomic mass is 19.1. The molecular weight excluding hydrogens is 269 g/mol. The first kappa shape index (κ1) is 15.0. The summed E-state index contributed by atoms with van der Waals surface area (Å²) in [6.07, 6.45) is 2.04. The highest BCUT2D eigenvalue weighted by Gasteiger charge is 2.10. The molecule has 110 valence electrons. The molecule has 2 N–H and O–H groups in total. The molecule has 0 bridgehead atoms. The van der Waals surface area contributed by atoms with E-state index in [1.165, 1.54) is 17.7 Å². The standard InChI is InChI=1S/C17H18FNO2/c1-2-5-13-6-3-4-7-16(13)19-11-12-8-9-14(17(20)21)15(18)10-12/h3-4,6-10,19H,2,5,11H2,1H3,(H,20,21). The van der Waals surface area contributed by atoms with Crippen LogP contribution in [-0.4, -0.2) is 11.1 Å². The van der Waals surface area contributed by atoms with E-state index in [1.807, 2.05) is 18.2 Å². The zero-order valence-corrected chi connectivity index (χ0v) is 11.9. The Morgan fingerprint density at radius 3 is 2.67 bits per heavy atom. The molecule has 21 heavy (non-hydrogen) atoms. The molecule has 3 nitrogen and oxygen atoms in total. The zero-order chi connectivity index (χ0) is 15.2. The molecule has 2 aromatic rings. The van der Waals surface area contributed by atoms with E-state index in [4.69, 9.17) is 5.11 Å². The lowest BCUT2D eigenvalue weighted by molar-refractivity contribution is 0.0692. The van der Waals surface area contributed by atoms with Gasteiger partial charge in [0.05, 0.1) is 5.56 Å². The van der Waals surface area contributed by atoms with E-state index in [0.717, 1.165) is 18.5 Å². The van der Waals surface area contributed by atoms with Crippen LogP contribution in [0.3, 0.4) is 0 Å². The van der Waals surface area contributed by atoms with Crippen LogP contribution in [0.5, 0.6) is 0 Å². The van der Waals surface area contributed by atoms with Gasteiger partial charge in [0.2, 0.25) is 0 Å². The van der Waals surface area contributed by atoms with Crippen LogP contribution < -0.4 is 5.32 Å². The van der Waals surface area contributed by atoms with Crippen molar-refractivity contribution in [1.29, 1.82) is 0 Å². The Balaban J connectivity index is 2.10. The highest BCUT2D eigenvalue weighted by molar-refractivity contribution is 5.87. The number of carbonyl (C=O) groups is 1. The van der Waals surface area contributed by atoms with Crippen LogP contribution in [0.15, 0.2) is 42.5 Å². The number of rotatable bonds is 6. The van der Waals surface area contributed by atoms with E-state index < -0.39 is 11.8 Å². The number of carboxylic acid groups (broad SMARTS) is 1. The number of hydrogen-bond acceptors (Lipinski definition) is 2. The molecule has 0 aliphatic rings. The number of benzene rings is 2. The van der Waals surface area contributed by atoms with Crippen molar-refractivity contribution in [2.24, 2.45) is 0 Å². The van der Waals surface area contributed by atoms with Gasteiger partial charge in [0.15, 0.2) is 0 Å². The fraction of sp³-hybridized carbons (Fsp3) is 0.235. The molecule has 0 atom stereocenters. The third-order valence-corrected chi connectivity index (χ3v) is 3.28. The van der Waals surface area contributed by atoms with Gasteiger partial charge >= 0.3 is 5.97 Å². The summed E-state index contributed by atoms with van der Waals surface area (Å²) in [4.78, 5) is 10.8. The minimum absolute atomic E-state index is 0.301. The Morgan fingerprint density at radius 1 is 1.24 bits per heavy atom. The van der Waals surface area contributed by atoms with Crippen molar-refractivity contribution < 1.29 is 14.3 Å². The topological polar surface area (TPSA) is 49.3 Å². The van der Waals surface area contributed by atoms with E-state index in [0.29, 0.717) is 12.1 Å². The third-order valence-electron chi connectivity index (χ3n) is 3.28.